The van der Waals surface area contributed by atoms with Crippen LogP contribution in [0.25, 0.3) is 0 Å². The summed E-state index contributed by atoms with van der Waals surface area (Å²) in [5, 5.41) is 0. The molecule has 0 aromatic heterocycles. The molecular weight excluding hydrogens is 140 g/mol. The quantitative estimate of drug-likeness (QED) is 0.627. The summed E-state index contributed by atoms with van der Waals surface area (Å²) in [6.45, 7) is 4.36. The Kier molecular flexibility index (Phi) is 2.90. The summed E-state index contributed by atoms with van der Waals surface area (Å²) >= 11 is 0. The first kappa shape index (κ1) is 9.01. The molecule has 0 aliphatic carbocycles. The molecule has 0 aromatic rings. The summed E-state index contributed by atoms with van der Waals surface area (Å²) in [6, 6.07) is 0. The van der Waals surface area contributed by atoms with E-state index < -0.39 is 0 Å². The number of rotatable bonds is 3. The van der Waals surface area contributed by atoms with Gasteiger partial charge in [-0.25, -0.2) is 0 Å². The second-order valence-corrected chi connectivity index (χ2v) is 3.21. The molecule has 0 aromatic carbocycles. The minimum atomic E-state index is 0.0508. The molecule has 0 N–H and O–H groups in total. The average molecular weight is 158 g/mol. The van der Waals surface area contributed by atoms with E-state index in [1.807, 2.05) is 0 Å². The smallest absolute Gasteiger partial charge is 0.158 e. The highest BCUT2D eigenvalue weighted by molar-refractivity contribution is 4.83. The van der Waals surface area contributed by atoms with Crippen molar-refractivity contribution in [2.45, 2.75) is 51.4 Å². The van der Waals surface area contributed by atoms with E-state index in [-0.39, 0.29) is 11.9 Å². The Morgan fingerprint density at radius 2 is 2.09 bits per heavy atom. The van der Waals surface area contributed by atoms with Gasteiger partial charge in [0.2, 0.25) is 0 Å². The van der Waals surface area contributed by atoms with E-state index >= 15 is 0 Å². The number of ether oxygens (including phenoxy) is 2. The molecule has 66 valence electrons. The molecule has 1 unspecified atom stereocenters. The van der Waals surface area contributed by atoms with Crippen LogP contribution in [0.3, 0.4) is 0 Å². The summed E-state index contributed by atoms with van der Waals surface area (Å²) in [6.07, 6.45) is 4.46. The van der Waals surface area contributed by atoms with Gasteiger partial charge in [0.25, 0.3) is 0 Å². The molecule has 11 heavy (non-hydrogen) atoms. The van der Waals surface area contributed by atoms with Gasteiger partial charge in [-0.15, -0.1) is 0 Å². The van der Waals surface area contributed by atoms with Crippen LogP contribution in [0.4, 0.5) is 0 Å². The first-order valence-corrected chi connectivity index (χ1v) is 4.47. The van der Waals surface area contributed by atoms with Crippen LogP contribution in [0.5, 0.6) is 0 Å². The molecule has 1 atom stereocenters. The fourth-order valence-corrected chi connectivity index (χ4v) is 1.71. The minimum Gasteiger partial charge on any atom is -0.356 e. The highest BCUT2D eigenvalue weighted by Gasteiger charge is 2.36. The van der Waals surface area contributed by atoms with E-state index in [4.69, 9.17) is 9.47 Å². The van der Waals surface area contributed by atoms with E-state index in [1.165, 1.54) is 0 Å². The lowest BCUT2D eigenvalue weighted by Crippen LogP contribution is -2.27. The topological polar surface area (TPSA) is 18.5 Å². The maximum atomic E-state index is 5.77. The van der Waals surface area contributed by atoms with Crippen molar-refractivity contribution in [2.24, 2.45) is 0 Å². The fourth-order valence-electron chi connectivity index (χ4n) is 1.71. The van der Waals surface area contributed by atoms with E-state index in [2.05, 4.69) is 13.8 Å². The highest BCUT2D eigenvalue weighted by atomic mass is 16.7. The number of methoxy groups -OCH3 is 1. The van der Waals surface area contributed by atoms with Gasteiger partial charge in [-0.2, -0.15) is 0 Å². The molecule has 1 fully saturated rings. The molecule has 2 heteroatoms. The number of hydrogen-bond acceptors (Lipinski definition) is 2. The second kappa shape index (κ2) is 3.55. The first-order valence-electron chi connectivity index (χ1n) is 4.47. The minimum absolute atomic E-state index is 0.0508. The largest absolute Gasteiger partial charge is 0.356 e. The predicted molar refractivity (Wildman–Crippen MR) is 44.4 cm³/mol. The zero-order valence-corrected chi connectivity index (χ0v) is 7.72. The summed E-state index contributed by atoms with van der Waals surface area (Å²) in [7, 11) is 1.71. The van der Waals surface area contributed by atoms with Gasteiger partial charge in [0.15, 0.2) is 6.29 Å². The van der Waals surface area contributed by atoms with Crippen molar-refractivity contribution in [1.29, 1.82) is 0 Å². The fraction of sp³-hybridized carbons (Fsp3) is 1.00. The molecule has 0 amide bonds. The SMILES string of the molecule is CCC1(CC)CCC(OC)O1. The highest BCUT2D eigenvalue weighted by Crippen LogP contribution is 2.35. The molecule has 0 bridgehead atoms. The van der Waals surface area contributed by atoms with Crippen LogP contribution >= 0.6 is 0 Å². The molecule has 2 nitrogen and oxygen atoms in total. The lowest BCUT2D eigenvalue weighted by Gasteiger charge is -2.25. The van der Waals surface area contributed by atoms with Crippen LogP contribution in [0.2, 0.25) is 0 Å². The Morgan fingerprint density at radius 3 is 2.36 bits per heavy atom. The van der Waals surface area contributed by atoms with Gasteiger partial charge in [-0.05, 0) is 19.3 Å². The molecule has 0 radical (unpaired) electrons. The van der Waals surface area contributed by atoms with E-state index in [0.717, 1.165) is 25.7 Å². The first-order chi connectivity index (χ1) is 5.26. The third-order valence-electron chi connectivity index (χ3n) is 2.77. The average Bonchev–Trinajstić information content (AvgIpc) is 2.49. The monoisotopic (exact) mass is 158 g/mol. The van der Waals surface area contributed by atoms with Gasteiger partial charge in [-0.3, -0.25) is 0 Å². The van der Waals surface area contributed by atoms with Crippen molar-refractivity contribution in [2.75, 3.05) is 7.11 Å². The van der Waals surface area contributed by atoms with E-state index in [1.54, 1.807) is 7.11 Å². The molecular formula is C9H18O2. The van der Waals surface area contributed by atoms with E-state index in [9.17, 15) is 0 Å². The van der Waals surface area contributed by atoms with Gasteiger partial charge in [0.1, 0.15) is 0 Å². The third-order valence-corrected chi connectivity index (χ3v) is 2.77. The lowest BCUT2D eigenvalue weighted by molar-refractivity contribution is -0.156. The lowest BCUT2D eigenvalue weighted by atomic mass is 9.94. The molecule has 0 spiro atoms. The maximum Gasteiger partial charge on any atom is 0.158 e. The number of hydrogen-bond donors (Lipinski definition) is 0. The van der Waals surface area contributed by atoms with Crippen molar-refractivity contribution in [3.05, 3.63) is 0 Å². The Balaban J connectivity index is 2.48. The Bertz CT molecular complexity index is 119. The molecule has 1 heterocycles. The summed E-state index contributed by atoms with van der Waals surface area (Å²) < 4.78 is 10.9. The van der Waals surface area contributed by atoms with Gasteiger partial charge in [0.05, 0.1) is 5.60 Å². The molecule has 1 aliphatic heterocycles. The van der Waals surface area contributed by atoms with Crippen molar-refractivity contribution < 1.29 is 9.47 Å². The molecule has 1 saturated heterocycles. The molecule has 1 rings (SSSR count). The van der Waals surface area contributed by atoms with Gasteiger partial charge < -0.3 is 9.47 Å². The van der Waals surface area contributed by atoms with Crippen molar-refractivity contribution in [3.8, 4) is 0 Å². The van der Waals surface area contributed by atoms with Crippen LogP contribution in [0.15, 0.2) is 0 Å². The van der Waals surface area contributed by atoms with Gasteiger partial charge >= 0.3 is 0 Å². The van der Waals surface area contributed by atoms with Crippen molar-refractivity contribution in [3.63, 3.8) is 0 Å². The van der Waals surface area contributed by atoms with Gasteiger partial charge in [-0.1, -0.05) is 13.8 Å². The van der Waals surface area contributed by atoms with Crippen LogP contribution in [0, 0.1) is 0 Å². The summed E-state index contributed by atoms with van der Waals surface area (Å²) in [5.41, 5.74) is 0.126. The Labute approximate surface area is 68.9 Å². The summed E-state index contributed by atoms with van der Waals surface area (Å²) in [5.74, 6) is 0. The third kappa shape index (κ3) is 1.74. The van der Waals surface area contributed by atoms with Crippen LogP contribution < -0.4 is 0 Å². The Hall–Kier alpha value is -0.0800. The molecule has 1 aliphatic rings. The van der Waals surface area contributed by atoms with Crippen LogP contribution in [-0.2, 0) is 9.47 Å². The predicted octanol–water partition coefficient (Wildman–Crippen LogP) is 2.33. The normalized spacial score (nSPS) is 29.2. The van der Waals surface area contributed by atoms with Gasteiger partial charge in [0, 0.05) is 13.5 Å². The maximum absolute atomic E-state index is 5.77. The Morgan fingerprint density at radius 1 is 1.45 bits per heavy atom. The van der Waals surface area contributed by atoms with Crippen LogP contribution in [-0.4, -0.2) is 19.0 Å². The van der Waals surface area contributed by atoms with Crippen molar-refractivity contribution in [1.82, 2.24) is 0 Å². The zero-order valence-electron chi connectivity index (χ0n) is 7.72. The molecule has 0 saturated carbocycles. The summed E-state index contributed by atoms with van der Waals surface area (Å²) in [4.78, 5) is 0. The zero-order chi connectivity index (χ0) is 8.32. The van der Waals surface area contributed by atoms with Crippen molar-refractivity contribution >= 4 is 0 Å². The standard InChI is InChI=1S/C9H18O2/c1-4-9(5-2)7-6-8(10-3)11-9/h8H,4-7H2,1-3H3. The van der Waals surface area contributed by atoms with E-state index in [0.29, 0.717) is 0 Å². The van der Waals surface area contributed by atoms with Crippen LogP contribution in [0.1, 0.15) is 39.5 Å². The second-order valence-electron chi connectivity index (χ2n) is 3.21.